The molecule has 0 spiro atoms. The molecule has 4 nitrogen and oxygen atoms in total. The third kappa shape index (κ3) is 2.33. The van der Waals surface area contributed by atoms with Crippen molar-refractivity contribution in [3.05, 3.63) is 0 Å². The van der Waals surface area contributed by atoms with Crippen molar-refractivity contribution < 1.29 is 13.2 Å². The van der Waals surface area contributed by atoms with Gasteiger partial charge in [0.05, 0.1) is 17.0 Å². The molecule has 1 saturated heterocycles. The van der Waals surface area contributed by atoms with E-state index >= 15 is 0 Å². The molecular formula is C10H17NO3S. The van der Waals surface area contributed by atoms with Crippen molar-refractivity contribution in [2.75, 3.05) is 11.5 Å². The van der Waals surface area contributed by atoms with Crippen LogP contribution in [0.2, 0.25) is 0 Å². The van der Waals surface area contributed by atoms with E-state index in [0.29, 0.717) is 6.42 Å². The van der Waals surface area contributed by atoms with Gasteiger partial charge in [-0.3, -0.25) is 4.79 Å². The molecule has 1 aliphatic heterocycles. The second kappa shape index (κ2) is 3.47. The lowest BCUT2D eigenvalue weighted by atomic mass is 9.84. The van der Waals surface area contributed by atoms with Crippen molar-refractivity contribution in [2.24, 2.45) is 5.92 Å². The van der Waals surface area contributed by atoms with Crippen molar-refractivity contribution in [2.45, 2.75) is 38.1 Å². The third-order valence-electron chi connectivity index (χ3n) is 3.40. The highest BCUT2D eigenvalue weighted by molar-refractivity contribution is 7.91. The predicted octanol–water partition coefficient (Wildman–Crippen LogP) is 0.480. The van der Waals surface area contributed by atoms with Crippen LogP contribution in [0.1, 0.15) is 32.6 Å². The summed E-state index contributed by atoms with van der Waals surface area (Å²) in [4.78, 5) is 11.7. The molecule has 0 aromatic carbocycles. The summed E-state index contributed by atoms with van der Waals surface area (Å²) in [7, 11) is -2.93. The molecule has 2 fully saturated rings. The van der Waals surface area contributed by atoms with Crippen LogP contribution in [0.4, 0.5) is 0 Å². The van der Waals surface area contributed by atoms with Crippen molar-refractivity contribution in [3.63, 3.8) is 0 Å². The highest BCUT2D eigenvalue weighted by Crippen LogP contribution is 2.29. The van der Waals surface area contributed by atoms with Crippen LogP contribution in [-0.4, -0.2) is 31.4 Å². The molecule has 1 amide bonds. The Kier molecular flexibility index (Phi) is 2.53. The fourth-order valence-electron chi connectivity index (χ4n) is 2.18. The molecule has 0 aromatic rings. The number of nitrogens with one attached hydrogen (secondary N) is 1. The Hall–Kier alpha value is -0.580. The predicted molar refractivity (Wildman–Crippen MR) is 57.2 cm³/mol. The summed E-state index contributed by atoms with van der Waals surface area (Å²) >= 11 is 0. The summed E-state index contributed by atoms with van der Waals surface area (Å²) in [5, 5.41) is 2.89. The minimum absolute atomic E-state index is 0.0425. The average molecular weight is 231 g/mol. The van der Waals surface area contributed by atoms with Gasteiger partial charge in [-0.25, -0.2) is 8.42 Å². The van der Waals surface area contributed by atoms with Crippen molar-refractivity contribution in [1.82, 2.24) is 5.32 Å². The Morgan fingerprint density at radius 1 is 1.40 bits per heavy atom. The van der Waals surface area contributed by atoms with Gasteiger partial charge in [0, 0.05) is 5.92 Å². The van der Waals surface area contributed by atoms with Crippen molar-refractivity contribution in [3.8, 4) is 0 Å². The number of carbonyl (C=O) groups is 1. The Morgan fingerprint density at radius 2 is 2.07 bits per heavy atom. The van der Waals surface area contributed by atoms with E-state index in [1.54, 1.807) is 0 Å². The largest absolute Gasteiger partial charge is 0.350 e. The molecule has 2 rings (SSSR count). The molecule has 0 unspecified atom stereocenters. The standard InChI is InChI=1S/C10H17NO3S/c1-10(5-6-15(13,14)7-10)11-9(12)8-3-2-4-8/h8H,2-7H2,1H3,(H,11,12)/t10-/m0/s1. The van der Waals surface area contributed by atoms with Gasteiger partial charge in [0.2, 0.25) is 5.91 Å². The maximum atomic E-state index is 11.7. The zero-order valence-corrected chi connectivity index (χ0v) is 9.77. The van der Waals surface area contributed by atoms with Gasteiger partial charge in [0.1, 0.15) is 0 Å². The van der Waals surface area contributed by atoms with E-state index < -0.39 is 15.4 Å². The number of carbonyl (C=O) groups excluding carboxylic acids is 1. The van der Waals surface area contributed by atoms with Gasteiger partial charge in [-0.1, -0.05) is 6.42 Å². The van der Waals surface area contributed by atoms with Crippen LogP contribution in [-0.2, 0) is 14.6 Å². The number of sulfone groups is 1. The normalized spacial score (nSPS) is 34.7. The smallest absolute Gasteiger partial charge is 0.223 e. The minimum atomic E-state index is -2.93. The molecule has 1 atom stereocenters. The van der Waals surface area contributed by atoms with E-state index in [1.165, 1.54) is 0 Å². The molecule has 5 heteroatoms. The molecule has 0 bridgehead atoms. The fourth-order valence-corrected chi connectivity index (χ4v) is 4.27. The minimum Gasteiger partial charge on any atom is -0.350 e. The van der Waals surface area contributed by atoms with Gasteiger partial charge in [0.25, 0.3) is 0 Å². The number of hydrogen-bond donors (Lipinski definition) is 1. The van der Waals surface area contributed by atoms with E-state index in [2.05, 4.69) is 5.32 Å². The maximum Gasteiger partial charge on any atom is 0.223 e. The highest BCUT2D eigenvalue weighted by Gasteiger charge is 2.40. The molecular weight excluding hydrogens is 214 g/mol. The van der Waals surface area contributed by atoms with E-state index in [0.717, 1.165) is 19.3 Å². The lowest BCUT2D eigenvalue weighted by Gasteiger charge is -2.30. The molecule has 1 aliphatic carbocycles. The highest BCUT2D eigenvalue weighted by atomic mass is 32.2. The van der Waals surface area contributed by atoms with Crippen molar-refractivity contribution in [1.29, 1.82) is 0 Å². The van der Waals surface area contributed by atoms with Crippen LogP contribution >= 0.6 is 0 Å². The van der Waals surface area contributed by atoms with Crippen LogP contribution in [0, 0.1) is 5.92 Å². The molecule has 86 valence electrons. The van der Waals surface area contributed by atoms with E-state index in [1.807, 2.05) is 6.92 Å². The van der Waals surface area contributed by atoms with Gasteiger partial charge in [0.15, 0.2) is 9.84 Å². The van der Waals surface area contributed by atoms with Crippen LogP contribution in [0.3, 0.4) is 0 Å². The average Bonchev–Trinajstić information content (AvgIpc) is 2.20. The zero-order valence-electron chi connectivity index (χ0n) is 8.95. The van der Waals surface area contributed by atoms with Crippen LogP contribution in [0.15, 0.2) is 0 Å². The number of hydrogen-bond acceptors (Lipinski definition) is 3. The molecule has 1 N–H and O–H groups in total. The summed E-state index contributed by atoms with van der Waals surface area (Å²) in [6.07, 6.45) is 3.57. The summed E-state index contributed by atoms with van der Waals surface area (Å²) in [6, 6.07) is 0. The van der Waals surface area contributed by atoms with Gasteiger partial charge < -0.3 is 5.32 Å². The Bertz CT molecular complexity index is 372. The molecule has 2 aliphatic rings. The lowest BCUT2D eigenvalue weighted by molar-refractivity contribution is -0.128. The first-order chi connectivity index (χ1) is 6.90. The fraction of sp³-hybridized carbons (Fsp3) is 0.900. The summed E-state index contributed by atoms with van der Waals surface area (Å²) in [5.74, 6) is 0.471. The lowest BCUT2D eigenvalue weighted by Crippen LogP contribution is -2.50. The van der Waals surface area contributed by atoms with Gasteiger partial charge >= 0.3 is 0 Å². The first kappa shape index (κ1) is 10.9. The van der Waals surface area contributed by atoms with Crippen LogP contribution in [0.25, 0.3) is 0 Å². The third-order valence-corrected chi connectivity index (χ3v) is 5.31. The summed E-state index contributed by atoms with van der Waals surface area (Å²) in [5.41, 5.74) is -0.522. The molecule has 0 radical (unpaired) electrons. The summed E-state index contributed by atoms with van der Waals surface area (Å²) < 4.78 is 22.7. The number of amides is 1. The maximum absolute atomic E-state index is 11.7. The number of rotatable bonds is 2. The molecule has 0 aromatic heterocycles. The first-order valence-corrected chi connectivity index (χ1v) is 7.25. The molecule has 15 heavy (non-hydrogen) atoms. The second-order valence-corrected chi connectivity index (χ2v) is 7.20. The van der Waals surface area contributed by atoms with Gasteiger partial charge in [-0.2, -0.15) is 0 Å². The van der Waals surface area contributed by atoms with Gasteiger partial charge in [-0.15, -0.1) is 0 Å². The quantitative estimate of drug-likeness (QED) is 0.752. The topological polar surface area (TPSA) is 63.2 Å². The van der Waals surface area contributed by atoms with E-state index in [-0.39, 0.29) is 23.3 Å². The Balaban J connectivity index is 1.96. The summed E-state index contributed by atoms with van der Waals surface area (Å²) in [6.45, 7) is 1.83. The van der Waals surface area contributed by atoms with Crippen LogP contribution in [0.5, 0.6) is 0 Å². The van der Waals surface area contributed by atoms with Crippen molar-refractivity contribution >= 4 is 15.7 Å². The molecule has 1 saturated carbocycles. The van der Waals surface area contributed by atoms with E-state index in [9.17, 15) is 13.2 Å². The van der Waals surface area contributed by atoms with Gasteiger partial charge in [-0.05, 0) is 26.2 Å². The monoisotopic (exact) mass is 231 g/mol. The SMILES string of the molecule is C[C@]1(NC(=O)C2CCC2)CCS(=O)(=O)C1. The zero-order chi connectivity index (χ0) is 11.1. The second-order valence-electron chi connectivity index (χ2n) is 5.02. The van der Waals surface area contributed by atoms with E-state index in [4.69, 9.17) is 0 Å². The van der Waals surface area contributed by atoms with Crippen LogP contribution < -0.4 is 5.32 Å². The molecule has 1 heterocycles. The Labute approximate surface area is 90.3 Å². The first-order valence-electron chi connectivity index (χ1n) is 5.43. The Morgan fingerprint density at radius 3 is 2.47 bits per heavy atom.